The molecule has 1 N–H and O–H groups in total. The fourth-order valence-corrected chi connectivity index (χ4v) is 5.11. The van der Waals surface area contributed by atoms with Gasteiger partial charge in [-0.3, -0.25) is 4.79 Å². The lowest BCUT2D eigenvalue weighted by molar-refractivity contribution is -0.122. The highest BCUT2D eigenvalue weighted by atomic mass is 32.2. The van der Waals surface area contributed by atoms with Gasteiger partial charge in [0.15, 0.2) is 5.65 Å². The van der Waals surface area contributed by atoms with Gasteiger partial charge in [-0.15, -0.1) is 5.10 Å². The summed E-state index contributed by atoms with van der Waals surface area (Å²) in [7, 11) is 0. The summed E-state index contributed by atoms with van der Waals surface area (Å²) in [5.74, 6) is -0.228. The van der Waals surface area contributed by atoms with E-state index < -0.39 is 0 Å². The Balaban J connectivity index is 1.38. The van der Waals surface area contributed by atoms with Crippen molar-refractivity contribution < 1.29 is 4.79 Å². The van der Waals surface area contributed by atoms with E-state index in [-0.39, 0.29) is 24.2 Å². The van der Waals surface area contributed by atoms with Gasteiger partial charge < -0.3 is 5.32 Å². The third-order valence-electron chi connectivity index (χ3n) is 5.77. The Labute approximate surface area is 189 Å². The quantitative estimate of drug-likeness (QED) is 0.509. The van der Waals surface area contributed by atoms with Crippen molar-refractivity contribution >= 4 is 23.3 Å². The van der Waals surface area contributed by atoms with Gasteiger partial charge in [-0.25, -0.2) is 18.9 Å². The molecule has 8 heteroatoms. The number of benzene rings is 2. The van der Waals surface area contributed by atoms with Crippen LogP contribution in [0, 0.1) is 13.8 Å². The van der Waals surface area contributed by atoms with Crippen LogP contribution in [0.25, 0.3) is 5.65 Å². The molecule has 32 heavy (non-hydrogen) atoms. The van der Waals surface area contributed by atoms with Crippen LogP contribution in [-0.2, 0) is 17.8 Å². The van der Waals surface area contributed by atoms with Gasteiger partial charge >= 0.3 is 5.69 Å². The van der Waals surface area contributed by atoms with Crippen molar-refractivity contribution in [1.82, 2.24) is 24.5 Å². The van der Waals surface area contributed by atoms with Crippen molar-refractivity contribution in [3.63, 3.8) is 0 Å². The third kappa shape index (κ3) is 3.82. The normalized spacial score (nSPS) is 15.1. The Bertz CT molecular complexity index is 1390. The van der Waals surface area contributed by atoms with Crippen molar-refractivity contribution in [3.8, 4) is 0 Å². The molecular formula is C24H23N5O2S. The largest absolute Gasteiger partial charge is 0.350 e. The first-order chi connectivity index (χ1) is 15.5. The molecule has 0 spiro atoms. The summed E-state index contributed by atoms with van der Waals surface area (Å²) in [6.07, 6.45) is 4.98. The van der Waals surface area contributed by atoms with Crippen LogP contribution in [-0.4, -0.2) is 25.1 Å². The van der Waals surface area contributed by atoms with E-state index >= 15 is 0 Å². The maximum Gasteiger partial charge on any atom is 0.350 e. The van der Waals surface area contributed by atoms with Gasteiger partial charge in [0, 0.05) is 17.3 Å². The molecule has 2 aromatic carbocycles. The van der Waals surface area contributed by atoms with E-state index in [0.29, 0.717) is 10.7 Å². The average Bonchev–Trinajstić information content (AvgIpc) is 3.32. The number of hydrogen-bond donors (Lipinski definition) is 1. The minimum absolute atomic E-state index is 0.0243. The maximum absolute atomic E-state index is 12.9. The second-order valence-corrected chi connectivity index (χ2v) is 9.13. The molecule has 1 unspecified atom stereocenters. The minimum atomic E-state index is -0.355. The van der Waals surface area contributed by atoms with E-state index in [9.17, 15) is 9.59 Å². The summed E-state index contributed by atoms with van der Waals surface area (Å²) < 4.78 is 2.65. The number of aromatic nitrogens is 4. The minimum Gasteiger partial charge on any atom is -0.348 e. The Morgan fingerprint density at radius 1 is 1.22 bits per heavy atom. The van der Waals surface area contributed by atoms with Crippen LogP contribution in [0.5, 0.6) is 0 Å². The second kappa shape index (κ2) is 8.27. The molecular weight excluding hydrogens is 422 g/mol. The Kier molecular flexibility index (Phi) is 5.30. The van der Waals surface area contributed by atoms with E-state index in [0.717, 1.165) is 28.9 Å². The standard InChI is InChI=1S/C24H23N5O2S/c1-15-7-10-20(16(2)13-15)32-23-22-27-29(24(31)28(22)12-11-25-23)14-21(30)26-19-9-8-17-5-3-4-6-18(17)19/h3-7,10-13,19H,8-9,14H2,1-2H3,(H,26,30). The van der Waals surface area contributed by atoms with Crippen LogP contribution in [0.2, 0.25) is 0 Å². The molecule has 1 amide bonds. The average molecular weight is 446 g/mol. The zero-order valence-electron chi connectivity index (χ0n) is 17.9. The molecule has 1 aliphatic rings. The first-order valence-corrected chi connectivity index (χ1v) is 11.4. The number of carbonyl (C=O) groups excluding carboxylic acids is 1. The van der Waals surface area contributed by atoms with Crippen LogP contribution < -0.4 is 11.0 Å². The van der Waals surface area contributed by atoms with Gasteiger partial charge in [0.05, 0.1) is 6.04 Å². The third-order valence-corrected chi connectivity index (χ3v) is 6.93. The summed E-state index contributed by atoms with van der Waals surface area (Å²) in [4.78, 5) is 31.1. The summed E-state index contributed by atoms with van der Waals surface area (Å²) >= 11 is 1.46. The SMILES string of the molecule is Cc1ccc(Sc2nccn3c(=O)n(CC(=O)NC4CCc5ccccc54)nc23)c(C)c1. The van der Waals surface area contributed by atoms with Crippen molar-refractivity contribution in [2.24, 2.45) is 0 Å². The number of nitrogens with one attached hydrogen (secondary N) is 1. The van der Waals surface area contributed by atoms with Crippen molar-refractivity contribution in [2.75, 3.05) is 0 Å². The summed E-state index contributed by atoms with van der Waals surface area (Å²) in [6.45, 7) is 3.97. The molecule has 5 rings (SSSR count). The van der Waals surface area contributed by atoms with Gasteiger partial charge in [-0.2, -0.15) is 0 Å². The number of carbonyl (C=O) groups is 1. The number of nitrogens with zero attached hydrogens (tertiary/aromatic N) is 4. The van der Waals surface area contributed by atoms with Gasteiger partial charge in [0.1, 0.15) is 11.6 Å². The number of aryl methyl sites for hydroxylation is 3. The summed E-state index contributed by atoms with van der Waals surface area (Å²) in [6, 6.07) is 14.3. The van der Waals surface area contributed by atoms with E-state index in [4.69, 9.17) is 0 Å². The van der Waals surface area contributed by atoms with E-state index in [2.05, 4.69) is 34.5 Å². The molecule has 0 saturated heterocycles. The number of amides is 1. The highest BCUT2D eigenvalue weighted by molar-refractivity contribution is 7.99. The topological polar surface area (TPSA) is 81.3 Å². The molecule has 0 saturated carbocycles. The van der Waals surface area contributed by atoms with Crippen LogP contribution in [0.4, 0.5) is 0 Å². The van der Waals surface area contributed by atoms with Crippen LogP contribution >= 0.6 is 11.8 Å². The summed E-state index contributed by atoms with van der Waals surface area (Å²) in [5.41, 5.74) is 4.83. The monoisotopic (exact) mass is 445 g/mol. The molecule has 0 bridgehead atoms. The van der Waals surface area contributed by atoms with Crippen LogP contribution in [0.1, 0.15) is 34.7 Å². The van der Waals surface area contributed by atoms with Crippen molar-refractivity contribution in [3.05, 3.63) is 87.6 Å². The maximum atomic E-state index is 12.9. The molecule has 0 aliphatic heterocycles. The van der Waals surface area contributed by atoms with Crippen molar-refractivity contribution in [2.45, 2.75) is 49.2 Å². The second-order valence-electron chi connectivity index (χ2n) is 8.09. The highest BCUT2D eigenvalue weighted by Gasteiger charge is 2.24. The van der Waals surface area contributed by atoms with E-state index in [1.807, 2.05) is 37.3 Å². The lowest BCUT2D eigenvalue weighted by Crippen LogP contribution is -2.34. The molecule has 2 aromatic heterocycles. The fraction of sp³-hybridized carbons (Fsp3) is 0.250. The van der Waals surface area contributed by atoms with Gasteiger partial charge in [-0.1, -0.05) is 53.7 Å². The molecule has 7 nitrogen and oxygen atoms in total. The predicted octanol–water partition coefficient (Wildman–Crippen LogP) is 3.46. The van der Waals surface area contributed by atoms with E-state index in [1.54, 1.807) is 12.4 Å². The zero-order chi connectivity index (χ0) is 22.2. The molecule has 4 aromatic rings. The fourth-order valence-electron chi connectivity index (χ4n) is 4.20. The summed E-state index contributed by atoms with van der Waals surface area (Å²) in [5, 5.41) is 8.12. The molecule has 162 valence electrons. The zero-order valence-corrected chi connectivity index (χ0v) is 18.7. The molecule has 0 fully saturated rings. The molecule has 1 aliphatic carbocycles. The van der Waals surface area contributed by atoms with Crippen molar-refractivity contribution in [1.29, 1.82) is 0 Å². The smallest absolute Gasteiger partial charge is 0.348 e. The highest BCUT2D eigenvalue weighted by Crippen LogP contribution is 2.32. The van der Waals surface area contributed by atoms with E-state index in [1.165, 1.54) is 32.0 Å². The molecule has 2 heterocycles. The first-order valence-electron chi connectivity index (χ1n) is 10.6. The van der Waals surface area contributed by atoms with Crippen LogP contribution in [0.3, 0.4) is 0 Å². The predicted molar refractivity (Wildman–Crippen MR) is 123 cm³/mol. The Hall–Kier alpha value is -3.39. The Morgan fingerprint density at radius 2 is 2.06 bits per heavy atom. The number of hydrogen-bond acceptors (Lipinski definition) is 5. The van der Waals surface area contributed by atoms with Gasteiger partial charge in [0.2, 0.25) is 5.91 Å². The van der Waals surface area contributed by atoms with Gasteiger partial charge in [-0.05, 0) is 49.4 Å². The first kappa shape index (κ1) is 20.5. The number of fused-ring (bicyclic) bond motifs is 2. The molecule has 0 radical (unpaired) electrons. The number of rotatable bonds is 5. The van der Waals surface area contributed by atoms with Crippen LogP contribution in [0.15, 0.2) is 69.6 Å². The lowest BCUT2D eigenvalue weighted by atomic mass is 10.1. The molecule has 1 atom stereocenters. The Morgan fingerprint density at radius 3 is 2.91 bits per heavy atom. The van der Waals surface area contributed by atoms with Gasteiger partial charge in [0.25, 0.3) is 0 Å². The lowest BCUT2D eigenvalue weighted by Gasteiger charge is -2.13.